The van der Waals surface area contributed by atoms with Gasteiger partial charge in [-0.3, -0.25) is 0 Å². The van der Waals surface area contributed by atoms with Crippen LogP contribution in [0.1, 0.15) is 37.7 Å². The van der Waals surface area contributed by atoms with Gasteiger partial charge in [0.2, 0.25) is 5.88 Å². The van der Waals surface area contributed by atoms with E-state index in [1.165, 1.54) is 19.3 Å². The Hall–Kier alpha value is -1.78. The monoisotopic (exact) mass is 263 g/mol. The lowest BCUT2D eigenvalue weighted by Crippen LogP contribution is -2.42. The van der Waals surface area contributed by atoms with E-state index in [1.54, 1.807) is 13.3 Å². The molecule has 1 aromatic rings. The van der Waals surface area contributed by atoms with Gasteiger partial charge >= 0.3 is 6.03 Å². The summed E-state index contributed by atoms with van der Waals surface area (Å²) in [5.41, 5.74) is 0.879. The van der Waals surface area contributed by atoms with E-state index in [4.69, 9.17) is 4.74 Å². The van der Waals surface area contributed by atoms with Gasteiger partial charge in [0.05, 0.1) is 7.11 Å². The maximum Gasteiger partial charge on any atom is 0.315 e. The Kier molecular flexibility index (Phi) is 5.01. The van der Waals surface area contributed by atoms with Crippen molar-refractivity contribution in [2.24, 2.45) is 0 Å². The fraction of sp³-hybridized carbons (Fsp3) is 0.571. The van der Waals surface area contributed by atoms with Gasteiger partial charge in [0.15, 0.2) is 0 Å². The number of methoxy groups -OCH3 is 1. The Morgan fingerprint density at radius 2 is 2.21 bits per heavy atom. The van der Waals surface area contributed by atoms with Crippen LogP contribution in [0.3, 0.4) is 0 Å². The van der Waals surface area contributed by atoms with Crippen molar-refractivity contribution in [2.45, 2.75) is 44.7 Å². The molecule has 0 unspecified atom stereocenters. The SMILES string of the molecule is COc1ncccc1CNC(=O)NC1CCCCC1. The third-order valence-corrected chi connectivity index (χ3v) is 3.42. The number of amides is 2. The fourth-order valence-electron chi connectivity index (χ4n) is 2.40. The molecule has 1 heterocycles. The van der Waals surface area contributed by atoms with E-state index in [0.717, 1.165) is 18.4 Å². The quantitative estimate of drug-likeness (QED) is 0.875. The molecule has 5 nitrogen and oxygen atoms in total. The van der Waals surface area contributed by atoms with Gasteiger partial charge in [-0.25, -0.2) is 9.78 Å². The van der Waals surface area contributed by atoms with Gasteiger partial charge < -0.3 is 15.4 Å². The highest BCUT2D eigenvalue weighted by Crippen LogP contribution is 2.17. The Labute approximate surface area is 113 Å². The van der Waals surface area contributed by atoms with Crippen LogP contribution in [0.5, 0.6) is 5.88 Å². The highest BCUT2D eigenvalue weighted by atomic mass is 16.5. The minimum atomic E-state index is -0.113. The molecule has 1 saturated carbocycles. The van der Waals surface area contributed by atoms with E-state index in [-0.39, 0.29) is 6.03 Å². The number of hydrogen-bond donors (Lipinski definition) is 2. The summed E-state index contributed by atoms with van der Waals surface area (Å²) in [6, 6.07) is 3.94. The molecule has 1 aliphatic carbocycles. The number of urea groups is 1. The first-order valence-electron chi connectivity index (χ1n) is 6.82. The first kappa shape index (κ1) is 13.6. The highest BCUT2D eigenvalue weighted by Gasteiger charge is 2.15. The van der Waals surface area contributed by atoms with Crippen molar-refractivity contribution in [3.8, 4) is 5.88 Å². The van der Waals surface area contributed by atoms with Crippen LogP contribution in [0.25, 0.3) is 0 Å². The summed E-state index contributed by atoms with van der Waals surface area (Å²) < 4.78 is 5.14. The van der Waals surface area contributed by atoms with E-state index >= 15 is 0 Å². The van der Waals surface area contributed by atoms with Crippen molar-refractivity contribution in [2.75, 3.05) is 7.11 Å². The number of carbonyl (C=O) groups is 1. The smallest absolute Gasteiger partial charge is 0.315 e. The number of nitrogens with one attached hydrogen (secondary N) is 2. The van der Waals surface area contributed by atoms with Gasteiger partial charge in [0, 0.05) is 24.3 Å². The Balaban J connectivity index is 1.79. The van der Waals surface area contributed by atoms with Crippen molar-refractivity contribution < 1.29 is 9.53 Å². The number of pyridine rings is 1. The molecule has 1 aromatic heterocycles. The zero-order valence-electron chi connectivity index (χ0n) is 11.3. The van der Waals surface area contributed by atoms with Crippen molar-refractivity contribution in [1.82, 2.24) is 15.6 Å². The van der Waals surface area contributed by atoms with Crippen molar-refractivity contribution in [3.05, 3.63) is 23.9 Å². The topological polar surface area (TPSA) is 63.2 Å². The number of aromatic nitrogens is 1. The lowest BCUT2D eigenvalue weighted by atomic mass is 9.96. The molecule has 0 radical (unpaired) electrons. The molecule has 104 valence electrons. The van der Waals surface area contributed by atoms with Crippen LogP contribution in [-0.4, -0.2) is 24.2 Å². The van der Waals surface area contributed by atoms with E-state index < -0.39 is 0 Å². The lowest BCUT2D eigenvalue weighted by Gasteiger charge is -2.22. The second-order valence-electron chi connectivity index (χ2n) is 4.83. The minimum absolute atomic E-state index is 0.113. The summed E-state index contributed by atoms with van der Waals surface area (Å²) in [4.78, 5) is 15.9. The fourth-order valence-corrected chi connectivity index (χ4v) is 2.40. The molecule has 2 amide bonds. The Morgan fingerprint density at radius 1 is 1.42 bits per heavy atom. The Bertz CT molecular complexity index is 417. The summed E-state index contributed by atoms with van der Waals surface area (Å²) in [7, 11) is 1.58. The summed E-state index contributed by atoms with van der Waals surface area (Å²) in [5.74, 6) is 0.556. The molecule has 2 N–H and O–H groups in total. The zero-order chi connectivity index (χ0) is 13.5. The molecule has 1 fully saturated rings. The number of rotatable bonds is 4. The standard InChI is InChI=1S/C14H21N3O2/c1-19-13-11(6-5-9-15-13)10-16-14(18)17-12-7-3-2-4-8-12/h5-6,9,12H,2-4,7-8,10H2,1H3,(H2,16,17,18). The van der Waals surface area contributed by atoms with Gasteiger partial charge in [-0.1, -0.05) is 25.3 Å². The van der Waals surface area contributed by atoms with Crippen LogP contribution >= 0.6 is 0 Å². The molecule has 19 heavy (non-hydrogen) atoms. The van der Waals surface area contributed by atoms with Gasteiger partial charge in [-0.2, -0.15) is 0 Å². The van der Waals surface area contributed by atoms with Gasteiger partial charge in [-0.15, -0.1) is 0 Å². The Morgan fingerprint density at radius 3 is 2.95 bits per heavy atom. The molecular formula is C14H21N3O2. The first-order chi connectivity index (χ1) is 9.29. The van der Waals surface area contributed by atoms with Crippen LogP contribution < -0.4 is 15.4 Å². The second-order valence-corrected chi connectivity index (χ2v) is 4.83. The average molecular weight is 263 g/mol. The van der Waals surface area contributed by atoms with Crippen LogP contribution in [0.4, 0.5) is 4.79 Å². The molecule has 0 spiro atoms. The molecule has 5 heteroatoms. The summed E-state index contributed by atoms with van der Waals surface area (Å²) >= 11 is 0. The second kappa shape index (κ2) is 6.97. The maximum atomic E-state index is 11.8. The maximum absolute atomic E-state index is 11.8. The van der Waals surface area contributed by atoms with Crippen LogP contribution in [0, 0.1) is 0 Å². The molecular weight excluding hydrogens is 242 g/mol. The van der Waals surface area contributed by atoms with E-state index in [1.807, 2.05) is 12.1 Å². The number of hydrogen-bond acceptors (Lipinski definition) is 3. The van der Waals surface area contributed by atoms with E-state index in [0.29, 0.717) is 18.5 Å². The lowest BCUT2D eigenvalue weighted by molar-refractivity contribution is 0.232. The van der Waals surface area contributed by atoms with Crippen molar-refractivity contribution >= 4 is 6.03 Å². The predicted octanol–water partition coefficient (Wildman–Crippen LogP) is 2.22. The highest BCUT2D eigenvalue weighted by molar-refractivity contribution is 5.74. The molecule has 0 aliphatic heterocycles. The van der Waals surface area contributed by atoms with Crippen molar-refractivity contribution in [3.63, 3.8) is 0 Å². The van der Waals surface area contributed by atoms with E-state index in [2.05, 4.69) is 15.6 Å². The number of carbonyl (C=O) groups excluding carboxylic acids is 1. The zero-order valence-corrected chi connectivity index (χ0v) is 11.3. The summed E-state index contributed by atoms with van der Waals surface area (Å²) in [5, 5.41) is 5.87. The number of nitrogens with zero attached hydrogens (tertiary/aromatic N) is 1. The molecule has 1 aliphatic rings. The summed E-state index contributed by atoms with van der Waals surface area (Å²) in [6.45, 7) is 0.426. The summed E-state index contributed by atoms with van der Waals surface area (Å²) in [6.07, 6.45) is 7.55. The molecule has 2 rings (SSSR count). The van der Waals surface area contributed by atoms with Gasteiger partial charge in [0.1, 0.15) is 0 Å². The number of ether oxygens (including phenoxy) is 1. The third kappa shape index (κ3) is 4.12. The molecule has 0 aromatic carbocycles. The van der Waals surface area contributed by atoms with Gasteiger partial charge in [-0.05, 0) is 18.9 Å². The third-order valence-electron chi connectivity index (χ3n) is 3.42. The van der Waals surface area contributed by atoms with Crippen LogP contribution in [-0.2, 0) is 6.54 Å². The van der Waals surface area contributed by atoms with Crippen LogP contribution in [0.2, 0.25) is 0 Å². The average Bonchev–Trinajstić information content (AvgIpc) is 2.46. The first-order valence-corrected chi connectivity index (χ1v) is 6.82. The molecule has 0 bridgehead atoms. The van der Waals surface area contributed by atoms with Crippen LogP contribution in [0.15, 0.2) is 18.3 Å². The minimum Gasteiger partial charge on any atom is -0.481 e. The largest absolute Gasteiger partial charge is 0.481 e. The van der Waals surface area contributed by atoms with E-state index in [9.17, 15) is 4.79 Å². The van der Waals surface area contributed by atoms with Crippen molar-refractivity contribution in [1.29, 1.82) is 0 Å². The normalized spacial score (nSPS) is 15.8. The molecule has 0 atom stereocenters. The predicted molar refractivity (Wildman–Crippen MR) is 73.0 cm³/mol. The molecule has 0 saturated heterocycles. The van der Waals surface area contributed by atoms with Gasteiger partial charge in [0.25, 0.3) is 0 Å².